The minimum atomic E-state index is -3.52. The van der Waals surface area contributed by atoms with Crippen molar-refractivity contribution in [1.29, 1.82) is 0 Å². The molecule has 1 saturated carbocycles. The lowest BCUT2D eigenvalue weighted by Crippen LogP contribution is -2.28. The molecule has 0 saturated heterocycles. The van der Waals surface area contributed by atoms with Crippen molar-refractivity contribution in [3.05, 3.63) is 18.3 Å². The predicted octanol–water partition coefficient (Wildman–Crippen LogP) is 1.59. The van der Waals surface area contributed by atoms with Gasteiger partial charge in [-0.25, -0.2) is 18.1 Å². The van der Waals surface area contributed by atoms with Crippen LogP contribution < -0.4 is 10.0 Å². The molecule has 0 aromatic carbocycles. The minimum Gasteiger partial charge on any atom is -0.383 e. The first-order valence-corrected chi connectivity index (χ1v) is 7.78. The van der Waals surface area contributed by atoms with Crippen LogP contribution >= 0.6 is 0 Å². The number of nitrogens with zero attached hydrogens (tertiary/aromatic N) is 1. The van der Waals surface area contributed by atoms with Gasteiger partial charge in [0.25, 0.3) is 10.0 Å². The van der Waals surface area contributed by atoms with Crippen LogP contribution in [-0.4, -0.2) is 26.0 Å². The fraction of sp³-hybridized carbons (Fsp3) is 0.583. The Bertz CT molecular complexity index is 516. The molecule has 0 bridgehead atoms. The van der Waals surface area contributed by atoms with Crippen LogP contribution in [0.5, 0.6) is 0 Å². The van der Waals surface area contributed by atoms with E-state index in [4.69, 9.17) is 0 Å². The van der Waals surface area contributed by atoms with Crippen LogP contribution in [0.1, 0.15) is 26.7 Å². The van der Waals surface area contributed by atoms with Crippen molar-refractivity contribution in [2.75, 3.05) is 11.9 Å². The summed E-state index contributed by atoms with van der Waals surface area (Å²) < 4.78 is 27.2. The molecule has 0 spiro atoms. The number of aromatic nitrogens is 1. The molecule has 1 aromatic rings. The Morgan fingerprint density at radius 2 is 2.22 bits per heavy atom. The largest absolute Gasteiger partial charge is 0.383 e. The first kappa shape index (κ1) is 13.3. The summed E-state index contributed by atoms with van der Waals surface area (Å²) in [6, 6.07) is 3.54. The van der Waals surface area contributed by atoms with Crippen LogP contribution in [0.25, 0.3) is 0 Å². The lowest BCUT2D eigenvalue weighted by Gasteiger charge is -2.10. The van der Waals surface area contributed by atoms with Crippen molar-refractivity contribution in [3.63, 3.8) is 0 Å². The van der Waals surface area contributed by atoms with Gasteiger partial charge >= 0.3 is 0 Å². The molecule has 1 fully saturated rings. The van der Waals surface area contributed by atoms with Crippen molar-refractivity contribution in [2.24, 2.45) is 5.92 Å². The van der Waals surface area contributed by atoms with E-state index in [0.29, 0.717) is 18.2 Å². The topological polar surface area (TPSA) is 71.1 Å². The van der Waals surface area contributed by atoms with Gasteiger partial charge in [0.2, 0.25) is 0 Å². The summed E-state index contributed by atoms with van der Waals surface area (Å²) in [6.07, 6.45) is 3.44. The third-order valence-corrected chi connectivity index (χ3v) is 4.59. The summed E-state index contributed by atoms with van der Waals surface area (Å²) in [5, 5.41) is 3.11. The van der Waals surface area contributed by atoms with Gasteiger partial charge in [0.15, 0.2) is 5.03 Å². The second-order valence-corrected chi connectivity index (χ2v) is 6.15. The highest BCUT2D eigenvalue weighted by atomic mass is 32.2. The van der Waals surface area contributed by atoms with Crippen LogP contribution in [-0.2, 0) is 10.0 Å². The highest BCUT2D eigenvalue weighted by Gasteiger charge is 2.39. The van der Waals surface area contributed by atoms with E-state index in [1.165, 1.54) is 6.20 Å². The SMILES string of the molecule is CCNc1cccnc1S(=O)(=O)NC1CC1CC. The van der Waals surface area contributed by atoms with Gasteiger partial charge < -0.3 is 5.32 Å². The third kappa shape index (κ3) is 2.81. The zero-order valence-corrected chi connectivity index (χ0v) is 11.5. The number of nitrogens with one attached hydrogen (secondary N) is 2. The Morgan fingerprint density at radius 3 is 2.83 bits per heavy atom. The van der Waals surface area contributed by atoms with Gasteiger partial charge in [0, 0.05) is 18.8 Å². The number of rotatable bonds is 6. The lowest BCUT2D eigenvalue weighted by atomic mass is 10.3. The molecular formula is C12H19N3O2S. The van der Waals surface area contributed by atoms with Crippen LogP contribution in [0, 0.1) is 5.92 Å². The molecular weight excluding hydrogens is 250 g/mol. The van der Waals surface area contributed by atoms with Crippen LogP contribution in [0.4, 0.5) is 5.69 Å². The lowest BCUT2D eigenvalue weighted by molar-refractivity contribution is 0.572. The second kappa shape index (κ2) is 5.24. The van der Waals surface area contributed by atoms with Gasteiger partial charge in [-0.1, -0.05) is 13.3 Å². The van der Waals surface area contributed by atoms with Crippen LogP contribution in [0.3, 0.4) is 0 Å². The molecule has 2 unspecified atom stereocenters. The van der Waals surface area contributed by atoms with E-state index in [1.807, 2.05) is 6.92 Å². The molecule has 6 heteroatoms. The molecule has 0 amide bonds. The van der Waals surface area contributed by atoms with Crippen LogP contribution in [0.15, 0.2) is 23.4 Å². The normalized spacial score (nSPS) is 22.8. The molecule has 18 heavy (non-hydrogen) atoms. The monoisotopic (exact) mass is 269 g/mol. The van der Waals surface area contributed by atoms with Crippen molar-refractivity contribution in [3.8, 4) is 0 Å². The molecule has 100 valence electrons. The molecule has 2 rings (SSSR count). The fourth-order valence-electron chi connectivity index (χ4n) is 2.03. The van der Waals surface area contributed by atoms with Gasteiger partial charge in [-0.2, -0.15) is 0 Å². The van der Waals surface area contributed by atoms with E-state index in [-0.39, 0.29) is 11.1 Å². The highest BCUT2D eigenvalue weighted by Crippen LogP contribution is 2.34. The average molecular weight is 269 g/mol. The quantitative estimate of drug-likeness (QED) is 0.822. The van der Waals surface area contributed by atoms with Gasteiger partial charge in [0.1, 0.15) is 0 Å². The highest BCUT2D eigenvalue weighted by molar-refractivity contribution is 7.89. The molecule has 5 nitrogen and oxygen atoms in total. The Balaban J connectivity index is 2.19. The molecule has 0 radical (unpaired) electrons. The summed E-state index contributed by atoms with van der Waals surface area (Å²) in [5.41, 5.74) is 0.557. The smallest absolute Gasteiger partial charge is 0.260 e. The Kier molecular flexibility index (Phi) is 3.87. The molecule has 2 atom stereocenters. The molecule has 1 heterocycles. The first-order valence-electron chi connectivity index (χ1n) is 6.29. The number of sulfonamides is 1. The number of anilines is 1. The summed E-state index contributed by atoms with van der Waals surface area (Å²) in [5.74, 6) is 0.478. The zero-order valence-electron chi connectivity index (χ0n) is 10.7. The van der Waals surface area contributed by atoms with E-state index >= 15 is 0 Å². The first-order chi connectivity index (χ1) is 8.58. The third-order valence-electron chi connectivity index (χ3n) is 3.15. The van der Waals surface area contributed by atoms with E-state index < -0.39 is 10.0 Å². The Hall–Kier alpha value is -1.14. The van der Waals surface area contributed by atoms with Gasteiger partial charge in [0.05, 0.1) is 5.69 Å². The molecule has 1 aliphatic rings. The van der Waals surface area contributed by atoms with Gasteiger partial charge in [-0.15, -0.1) is 0 Å². The van der Waals surface area contributed by atoms with Crippen molar-refractivity contribution >= 4 is 15.7 Å². The Morgan fingerprint density at radius 1 is 1.44 bits per heavy atom. The molecule has 1 aromatic heterocycles. The summed E-state index contributed by atoms with van der Waals surface area (Å²) in [4.78, 5) is 3.99. The molecule has 2 N–H and O–H groups in total. The van der Waals surface area contributed by atoms with E-state index in [1.54, 1.807) is 12.1 Å². The average Bonchev–Trinajstić information content (AvgIpc) is 3.07. The number of pyridine rings is 1. The van der Waals surface area contributed by atoms with Crippen molar-refractivity contribution in [1.82, 2.24) is 9.71 Å². The van der Waals surface area contributed by atoms with Gasteiger partial charge in [-0.05, 0) is 31.4 Å². The van der Waals surface area contributed by atoms with E-state index in [2.05, 4.69) is 21.9 Å². The van der Waals surface area contributed by atoms with E-state index in [9.17, 15) is 8.42 Å². The number of hydrogen-bond acceptors (Lipinski definition) is 4. The summed E-state index contributed by atoms with van der Waals surface area (Å²) in [6.45, 7) is 4.66. The van der Waals surface area contributed by atoms with Crippen LogP contribution in [0.2, 0.25) is 0 Å². The van der Waals surface area contributed by atoms with Crippen molar-refractivity contribution in [2.45, 2.75) is 37.8 Å². The van der Waals surface area contributed by atoms with E-state index in [0.717, 1.165) is 12.8 Å². The molecule has 0 aliphatic heterocycles. The van der Waals surface area contributed by atoms with Gasteiger partial charge in [-0.3, -0.25) is 0 Å². The molecule has 1 aliphatic carbocycles. The number of hydrogen-bond donors (Lipinski definition) is 2. The second-order valence-electron chi connectivity index (χ2n) is 4.52. The maximum Gasteiger partial charge on any atom is 0.260 e. The maximum atomic E-state index is 12.2. The fourth-order valence-corrected chi connectivity index (χ4v) is 3.46. The Labute approximate surface area is 108 Å². The minimum absolute atomic E-state index is 0.0801. The van der Waals surface area contributed by atoms with Crippen molar-refractivity contribution < 1.29 is 8.42 Å². The maximum absolute atomic E-state index is 12.2. The predicted molar refractivity (Wildman–Crippen MR) is 70.9 cm³/mol. The summed E-state index contributed by atoms with van der Waals surface area (Å²) in [7, 11) is -3.52. The zero-order chi connectivity index (χ0) is 13.2. The summed E-state index contributed by atoms with van der Waals surface area (Å²) >= 11 is 0. The standard InChI is InChI=1S/C12H19N3O2S/c1-3-9-8-11(9)15-18(16,17)12-10(13-4-2)6-5-7-14-12/h5-7,9,11,13,15H,3-4,8H2,1-2H3.